The molecule has 0 spiro atoms. The molecule has 0 fully saturated rings. The Morgan fingerprint density at radius 1 is 1.40 bits per heavy atom. The third kappa shape index (κ3) is 3.40. The van der Waals surface area contributed by atoms with Gasteiger partial charge in [0.2, 0.25) is 0 Å². The summed E-state index contributed by atoms with van der Waals surface area (Å²) < 4.78 is 0. The van der Waals surface area contributed by atoms with E-state index in [1.807, 2.05) is 19.1 Å². The van der Waals surface area contributed by atoms with E-state index in [4.69, 9.17) is 5.11 Å². The molecular weight excluding hydrogens is 254 g/mol. The Morgan fingerprint density at radius 3 is 2.95 bits per heavy atom. The molecule has 2 N–H and O–H groups in total. The quantitative estimate of drug-likeness (QED) is 0.806. The highest BCUT2D eigenvalue weighted by atomic mass is 16.2. The zero-order valence-corrected chi connectivity index (χ0v) is 10.9. The van der Waals surface area contributed by atoms with E-state index in [1.54, 1.807) is 6.07 Å². The van der Waals surface area contributed by atoms with Crippen LogP contribution in [0.2, 0.25) is 0 Å². The molecule has 100 valence electrons. The summed E-state index contributed by atoms with van der Waals surface area (Å²) in [6, 6.07) is 5.50. The first-order chi connectivity index (χ1) is 9.70. The molecule has 0 saturated carbocycles. The van der Waals surface area contributed by atoms with E-state index in [0.717, 1.165) is 5.56 Å². The average molecular weight is 267 g/mol. The van der Waals surface area contributed by atoms with Crippen molar-refractivity contribution in [3.8, 4) is 11.8 Å². The molecule has 0 radical (unpaired) electrons. The molecule has 20 heavy (non-hydrogen) atoms. The highest BCUT2D eigenvalue weighted by Crippen LogP contribution is 2.17. The van der Waals surface area contributed by atoms with Gasteiger partial charge in [-0.1, -0.05) is 17.9 Å². The van der Waals surface area contributed by atoms with Gasteiger partial charge in [0.25, 0.3) is 5.91 Å². The Balaban J connectivity index is 2.28. The first-order valence-corrected chi connectivity index (χ1v) is 5.98. The third-order valence-electron chi connectivity index (χ3n) is 2.52. The van der Waals surface area contributed by atoms with E-state index < -0.39 is 0 Å². The molecule has 5 nitrogen and oxygen atoms in total. The zero-order valence-electron chi connectivity index (χ0n) is 10.9. The van der Waals surface area contributed by atoms with Gasteiger partial charge in [0.15, 0.2) is 0 Å². The Labute approximate surface area is 116 Å². The maximum Gasteiger partial charge on any atom is 0.275 e. The molecule has 0 unspecified atom stereocenters. The van der Waals surface area contributed by atoms with Crippen molar-refractivity contribution in [3.63, 3.8) is 0 Å². The highest BCUT2D eigenvalue weighted by Gasteiger charge is 2.09. The van der Waals surface area contributed by atoms with Gasteiger partial charge in [0, 0.05) is 18.0 Å². The summed E-state index contributed by atoms with van der Waals surface area (Å²) in [6.07, 6.45) is 4.35. The van der Waals surface area contributed by atoms with Gasteiger partial charge in [-0.3, -0.25) is 9.78 Å². The minimum Gasteiger partial charge on any atom is -0.384 e. The van der Waals surface area contributed by atoms with Crippen molar-refractivity contribution < 1.29 is 9.90 Å². The number of anilines is 1. The number of rotatable bonds is 2. The molecule has 0 atom stereocenters. The van der Waals surface area contributed by atoms with Crippen LogP contribution in [0.4, 0.5) is 5.69 Å². The Hall–Kier alpha value is -2.71. The van der Waals surface area contributed by atoms with Crippen molar-refractivity contribution in [1.82, 2.24) is 9.97 Å². The second-order valence-corrected chi connectivity index (χ2v) is 4.05. The summed E-state index contributed by atoms with van der Waals surface area (Å²) in [5, 5.41) is 11.5. The standard InChI is InChI=1S/C15H13N3O2/c1-11-4-5-12(3-2-8-19)13(9-11)18-15(20)14-10-16-6-7-17-14/h4-7,9-10,19H,8H2,1H3,(H,18,20). The van der Waals surface area contributed by atoms with Crippen LogP contribution < -0.4 is 5.32 Å². The van der Waals surface area contributed by atoms with Gasteiger partial charge >= 0.3 is 0 Å². The topological polar surface area (TPSA) is 75.1 Å². The molecule has 1 heterocycles. The monoisotopic (exact) mass is 267 g/mol. The number of hydrogen-bond acceptors (Lipinski definition) is 4. The minimum absolute atomic E-state index is 0.231. The van der Waals surface area contributed by atoms with Crippen LogP contribution in [0.5, 0.6) is 0 Å². The maximum atomic E-state index is 12.0. The lowest BCUT2D eigenvalue weighted by Gasteiger charge is -2.08. The molecule has 0 saturated heterocycles. The second-order valence-electron chi connectivity index (χ2n) is 4.05. The van der Waals surface area contributed by atoms with Crippen LogP contribution in [0, 0.1) is 18.8 Å². The summed E-state index contributed by atoms with van der Waals surface area (Å²) in [7, 11) is 0. The lowest BCUT2D eigenvalue weighted by molar-refractivity contribution is 0.102. The van der Waals surface area contributed by atoms with Crippen molar-refractivity contribution in [2.75, 3.05) is 11.9 Å². The number of aliphatic hydroxyl groups excluding tert-OH is 1. The van der Waals surface area contributed by atoms with Gasteiger partial charge in [0.05, 0.1) is 11.9 Å². The number of hydrogen-bond donors (Lipinski definition) is 2. The number of nitrogens with zero attached hydrogens (tertiary/aromatic N) is 2. The number of carbonyl (C=O) groups excluding carboxylic acids is 1. The fourth-order valence-corrected chi connectivity index (χ4v) is 1.61. The molecule has 1 aromatic heterocycles. The van der Waals surface area contributed by atoms with E-state index in [-0.39, 0.29) is 18.2 Å². The molecule has 0 aliphatic heterocycles. The molecule has 5 heteroatoms. The van der Waals surface area contributed by atoms with E-state index in [9.17, 15) is 4.79 Å². The lowest BCUT2D eigenvalue weighted by atomic mass is 10.1. The predicted molar refractivity (Wildman–Crippen MR) is 75.1 cm³/mol. The van der Waals surface area contributed by atoms with Gasteiger partial charge in [-0.25, -0.2) is 4.98 Å². The van der Waals surface area contributed by atoms with Crippen LogP contribution >= 0.6 is 0 Å². The molecule has 0 bridgehead atoms. The minimum atomic E-state index is -0.351. The van der Waals surface area contributed by atoms with E-state index in [1.165, 1.54) is 18.6 Å². The number of carbonyl (C=O) groups is 1. The number of amides is 1. The maximum absolute atomic E-state index is 12.0. The molecular formula is C15H13N3O2. The Kier molecular flexibility index (Phi) is 4.43. The van der Waals surface area contributed by atoms with Crippen molar-refractivity contribution in [2.45, 2.75) is 6.92 Å². The zero-order chi connectivity index (χ0) is 14.4. The van der Waals surface area contributed by atoms with Crippen molar-refractivity contribution in [1.29, 1.82) is 0 Å². The number of aromatic nitrogens is 2. The number of benzene rings is 1. The predicted octanol–water partition coefficient (Wildman–Crippen LogP) is 1.38. The second kappa shape index (κ2) is 6.45. The Morgan fingerprint density at radius 2 is 2.25 bits per heavy atom. The first kappa shape index (κ1) is 13.7. The molecule has 2 rings (SSSR count). The van der Waals surface area contributed by atoms with E-state index in [0.29, 0.717) is 11.3 Å². The highest BCUT2D eigenvalue weighted by molar-refractivity contribution is 6.03. The number of nitrogens with one attached hydrogen (secondary N) is 1. The number of aryl methyl sites for hydroxylation is 1. The van der Waals surface area contributed by atoms with Gasteiger partial charge in [-0.05, 0) is 24.6 Å². The van der Waals surface area contributed by atoms with E-state index in [2.05, 4.69) is 27.1 Å². The van der Waals surface area contributed by atoms with Crippen LogP contribution in [-0.4, -0.2) is 27.6 Å². The molecule has 1 aromatic carbocycles. The fourth-order valence-electron chi connectivity index (χ4n) is 1.61. The van der Waals surface area contributed by atoms with Gasteiger partial charge < -0.3 is 10.4 Å². The van der Waals surface area contributed by atoms with Gasteiger partial charge in [-0.2, -0.15) is 0 Å². The van der Waals surface area contributed by atoms with Crippen LogP contribution in [0.15, 0.2) is 36.8 Å². The first-order valence-electron chi connectivity index (χ1n) is 5.98. The van der Waals surface area contributed by atoms with Crippen LogP contribution in [0.25, 0.3) is 0 Å². The Bertz CT molecular complexity index is 673. The number of aliphatic hydroxyl groups is 1. The van der Waals surface area contributed by atoms with Crippen LogP contribution in [0.3, 0.4) is 0 Å². The fraction of sp³-hybridized carbons (Fsp3) is 0.133. The van der Waals surface area contributed by atoms with Crippen molar-refractivity contribution >= 4 is 11.6 Å². The summed E-state index contributed by atoms with van der Waals surface area (Å²) in [4.78, 5) is 19.8. The van der Waals surface area contributed by atoms with Crippen LogP contribution in [0.1, 0.15) is 21.6 Å². The van der Waals surface area contributed by atoms with Gasteiger partial charge in [0.1, 0.15) is 12.3 Å². The summed E-state index contributed by atoms with van der Waals surface area (Å²) in [5.41, 5.74) is 2.45. The summed E-state index contributed by atoms with van der Waals surface area (Å²) in [6.45, 7) is 1.69. The van der Waals surface area contributed by atoms with Gasteiger partial charge in [-0.15, -0.1) is 0 Å². The molecule has 0 aliphatic carbocycles. The summed E-state index contributed by atoms with van der Waals surface area (Å²) >= 11 is 0. The molecule has 1 amide bonds. The largest absolute Gasteiger partial charge is 0.384 e. The van der Waals surface area contributed by atoms with Crippen molar-refractivity contribution in [2.24, 2.45) is 0 Å². The average Bonchev–Trinajstić information content (AvgIpc) is 2.47. The smallest absolute Gasteiger partial charge is 0.275 e. The summed E-state index contributed by atoms with van der Waals surface area (Å²) in [5.74, 6) is 5.01. The SMILES string of the molecule is Cc1ccc(C#CCO)c(NC(=O)c2cnccn2)c1. The van der Waals surface area contributed by atoms with Crippen molar-refractivity contribution in [3.05, 3.63) is 53.6 Å². The lowest BCUT2D eigenvalue weighted by Crippen LogP contribution is -2.14. The molecule has 0 aliphatic rings. The molecule has 2 aromatic rings. The normalized spacial score (nSPS) is 9.50. The van der Waals surface area contributed by atoms with E-state index >= 15 is 0 Å². The van der Waals surface area contributed by atoms with Crippen LogP contribution in [-0.2, 0) is 0 Å². The third-order valence-corrected chi connectivity index (χ3v) is 2.52.